The molecule has 33 heavy (non-hydrogen) atoms. The molecule has 0 aromatic heterocycles. The van der Waals surface area contributed by atoms with Crippen molar-refractivity contribution >= 4 is 24.8 Å². The Kier molecular flexibility index (Phi) is 10.3. The Bertz CT molecular complexity index is 835. The average molecular weight is 492 g/mol. The zero-order valence-electron chi connectivity index (χ0n) is 21.4. The van der Waals surface area contributed by atoms with Gasteiger partial charge >= 0.3 is 0 Å². The summed E-state index contributed by atoms with van der Waals surface area (Å²) in [6, 6.07) is 15.2. The van der Waals surface area contributed by atoms with Gasteiger partial charge in [0.1, 0.15) is 0 Å². The molecule has 4 rings (SSSR count). The highest BCUT2D eigenvalue weighted by Crippen LogP contribution is 2.41. The van der Waals surface area contributed by atoms with Crippen LogP contribution in [0.25, 0.3) is 0 Å². The van der Waals surface area contributed by atoms with Gasteiger partial charge in [-0.2, -0.15) is 0 Å². The lowest BCUT2D eigenvalue weighted by Gasteiger charge is -2.39. The van der Waals surface area contributed by atoms with Gasteiger partial charge in [0.25, 0.3) is 0 Å². The molecule has 2 unspecified atom stereocenters. The summed E-state index contributed by atoms with van der Waals surface area (Å²) in [5.74, 6) is 1.18. The summed E-state index contributed by atoms with van der Waals surface area (Å²) in [4.78, 5) is 5.23. The van der Waals surface area contributed by atoms with E-state index in [0.29, 0.717) is 23.9 Å². The molecule has 2 aliphatic rings. The van der Waals surface area contributed by atoms with Crippen LogP contribution < -0.4 is 0 Å². The van der Waals surface area contributed by atoms with Gasteiger partial charge in [-0.25, -0.2) is 0 Å². The van der Waals surface area contributed by atoms with E-state index in [2.05, 4.69) is 88.0 Å². The Hall–Kier alpha value is -1.06. The fourth-order valence-corrected chi connectivity index (χ4v) is 6.10. The molecule has 0 bridgehead atoms. The minimum absolute atomic E-state index is 0. The van der Waals surface area contributed by atoms with Crippen molar-refractivity contribution in [3.8, 4) is 0 Å². The summed E-state index contributed by atoms with van der Waals surface area (Å²) in [5.41, 5.74) is 9.61. The highest BCUT2D eigenvalue weighted by atomic mass is 35.5. The van der Waals surface area contributed by atoms with Gasteiger partial charge in [-0.05, 0) is 91.4 Å². The molecule has 0 saturated heterocycles. The zero-order valence-corrected chi connectivity index (χ0v) is 23.1. The number of rotatable bonds is 6. The SMILES string of the molecule is CC(C)c1cccc2c1C(CCCC1c3c(cccc3C(C)C)CCN1C)N(C)CC2.Cl.Cl. The normalized spacial score (nSPS) is 20.7. The van der Waals surface area contributed by atoms with Gasteiger partial charge in [-0.15, -0.1) is 24.8 Å². The quantitative estimate of drug-likeness (QED) is 0.408. The Labute approximate surface area is 215 Å². The van der Waals surface area contributed by atoms with Crippen LogP contribution in [0.15, 0.2) is 36.4 Å². The molecule has 0 fully saturated rings. The maximum absolute atomic E-state index is 2.62. The van der Waals surface area contributed by atoms with Crippen LogP contribution in [0.3, 0.4) is 0 Å². The van der Waals surface area contributed by atoms with Crippen molar-refractivity contribution in [2.45, 2.75) is 83.7 Å². The smallest absolute Gasteiger partial charge is 0.0350 e. The van der Waals surface area contributed by atoms with Crippen LogP contribution in [0.5, 0.6) is 0 Å². The lowest BCUT2D eigenvalue weighted by Crippen LogP contribution is -2.35. The van der Waals surface area contributed by atoms with Crippen LogP contribution in [0.1, 0.15) is 104 Å². The predicted molar refractivity (Wildman–Crippen MR) is 148 cm³/mol. The average Bonchev–Trinajstić information content (AvgIpc) is 2.75. The number of hydrogen-bond acceptors (Lipinski definition) is 2. The summed E-state index contributed by atoms with van der Waals surface area (Å²) in [7, 11) is 4.67. The largest absolute Gasteiger partial charge is 0.299 e. The molecule has 0 amide bonds. The van der Waals surface area contributed by atoms with E-state index >= 15 is 0 Å². The van der Waals surface area contributed by atoms with Crippen LogP contribution >= 0.6 is 24.8 Å². The second-order valence-corrected chi connectivity index (χ2v) is 10.6. The number of nitrogens with zero attached hydrogens (tertiary/aromatic N) is 2. The van der Waals surface area contributed by atoms with Gasteiger partial charge in [0.05, 0.1) is 0 Å². The maximum atomic E-state index is 2.62. The van der Waals surface area contributed by atoms with E-state index < -0.39 is 0 Å². The van der Waals surface area contributed by atoms with Crippen molar-refractivity contribution in [2.24, 2.45) is 0 Å². The van der Waals surface area contributed by atoms with Crippen molar-refractivity contribution in [1.29, 1.82) is 0 Å². The minimum atomic E-state index is 0. The standard InChI is InChI=1S/C29H42N2.2ClH/c1-20(2)24-12-7-10-22-16-18-30(5)26(28(22)24)14-9-15-27-29-23(17-19-31(27)6)11-8-13-25(29)21(3)4;;/h7-8,10-13,20-21,26-27H,9,14-19H2,1-6H3;2*1H. The molecule has 2 aromatic rings. The molecule has 2 nitrogen and oxygen atoms in total. The second kappa shape index (κ2) is 12.1. The van der Waals surface area contributed by atoms with Crippen LogP contribution in [0.4, 0.5) is 0 Å². The number of hydrogen-bond donors (Lipinski definition) is 0. The third-order valence-corrected chi connectivity index (χ3v) is 7.86. The highest BCUT2D eigenvalue weighted by molar-refractivity contribution is 5.85. The molecule has 2 heterocycles. The van der Waals surface area contributed by atoms with E-state index in [1.165, 1.54) is 45.2 Å². The van der Waals surface area contributed by atoms with E-state index in [1.807, 2.05) is 0 Å². The second-order valence-electron chi connectivity index (χ2n) is 10.6. The fourth-order valence-electron chi connectivity index (χ4n) is 6.10. The molecule has 2 atom stereocenters. The Morgan fingerprint density at radius 1 is 0.697 bits per heavy atom. The van der Waals surface area contributed by atoms with E-state index in [1.54, 1.807) is 33.4 Å². The minimum Gasteiger partial charge on any atom is -0.299 e. The number of halogens is 2. The van der Waals surface area contributed by atoms with Crippen molar-refractivity contribution in [3.05, 3.63) is 69.8 Å². The first kappa shape index (κ1) is 28.2. The molecule has 184 valence electrons. The lowest BCUT2D eigenvalue weighted by molar-refractivity contribution is 0.188. The third-order valence-electron chi connectivity index (χ3n) is 7.86. The molecule has 2 aromatic carbocycles. The molecule has 0 saturated carbocycles. The Morgan fingerprint density at radius 3 is 1.45 bits per heavy atom. The Morgan fingerprint density at radius 2 is 1.09 bits per heavy atom. The number of likely N-dealkylation sites (N-methyl/N-ethyl adjacent to an activating group) is 2. The zero-order chi connectivity index (χ0) is 22.1. The van der Waals surface area contributed by atoms with Crippen LogP contribution in [0, 0.1) is 0 Å². The fraction of sp³-hybridized carbons (Fsp3) is 0.586. The summed E-state index contributed by atoms with van der Waals surface area (Å²) in [6.07, 6.45) is 6.19. The van der Waals surface area contributed by atoms with Gasteiger partial charge in [0.15, 0.2) is 0 Å². The van der Waals surface area contributed by atoms with E-state index in [4.69, 9.17) is 0 Å². The first-order chi connectivity index (χ1) is 14.9. The van der Waals surface area contributed by atoms with Gasteiger partial charge in [0.2, 0.25) is 0 Å². The first-order valence-corrected chi connectivity index (χ1v) is 12.5. The lowest BCUT2D eigenvalue weighted by atomic mass is 9.81. The Balaban J connectivity index is 0.00000193. The van der Waals surface area contributed by atoms with Crippen molar-refractivity contribution < 1.29 is 0 Å². The van der Waals surface area contributed by atoms with Crippen molar-refractivity contribution in [2.75, 3.05) is 27.2 Å². The van der Waals surface area contributed by atoms with Gasteiger partial charge in [-0.1, -0.05) is 64.1 Å². The first-order valence-electron chi connectivity index (χ1n) is 12.5. The molecular formula is C29H44Cl2N2. The van der Waals surface area contributed by atoms with Gasteiger partial charge in [0, 0.05) is 25.2 Å². The molecule has 2 aliphatic heterocycles. The molecule has 0 radical (unpaired) electrons. The van der Waals surface area contributed by atoms with E-state index in [0.717, 1.165) is 0 Å². The van der Waals surface area contributed by atoms with Gasteiger partial charge in [-0.3, -0.25) is 9.80 Å². The molecule has 0 N–H and O–H groups in total. The molecule has 0 aliphatic carbocycles. The third kappa shape index (κ3) is 5.78. The van der Waals surface area contributed by atoms with Crippen LogP contribution in [-0.4, -0.2) is 37.0 Å². The predicted octanol–water partition coefficient (Wildman–Crippen LogP) is 7.71. The van der Waals surface area contributed by atoms with Crippen molar-refractivity contribution in [1.82, 2.24) is 9.80 Å². The van der Waals surface area contributed by atoms with E-state index in [-0.39, 0.29) is 24.8 Å². The summed E-state index contributed by atoms with van der Waals surface area (Å²) in [6.45, 7) is 11.8. The van der Waals surface area contributed by atoms with Crippen LogP contribution in [0.2, 0.25) is 0 Å². The monoisotopic (exact) mass is 490 g/mol. The number of benzene rings is 2. The summed E-state index contributed by atoms with van der Waals surface area (Å²) in [5, 5.41) is 0. The highest BCUT2D eigenvalue weighted by Gasteiger charge is 2.30. The van der Waals surface area contributed by atoms with Crippen LogP contribution in [-0.2, 0) is 12.8 Å². The van der Waals surface area contributed by atoms with Gasteiger partial charge < -0.3 is 0 Å². The van der Waals surface area contributed by atoms with E-state index in [9.17, 15) is 0 Å². The summed E-state index contributed by atoms with van der Waals surface area (Å²) >= 11 is 0. The molecule has 0 spiro atoms. The molecular weight excluding hydrogens is 447 g/mol. The molecule has 4 heteroatoms. The number of fused-ring (bicyclic) bond motifs is 2. The van der Waals surface area contributed by atoms with Crippen molar-refractivity contribution in [3.63, 3.8) is 0 Å². The topological polar surface area (TPSA) is 6.48 Å². The maximum Gasteiger partial charge on any atom is 0.0350 e. The summed E-state index contributed by atoms with van der Waals surface area (Å²) < 4.78 is 0.